The van der Waals surface area contributed by atoms with Gasteiger partial charge in [0.15, 0.2) is 0 Å². The Hall–Kier alpha value is -0.820. The summed E-state index contributed by atoms with van der Waals surface area (Å²) in [5, 5.41) is 10.8. The minimum atomic E-state index is -0.410. The van der Waals surface area contributed by atoms with Crippen LogP contribution in [0, 0.1) is 11.8 Å². The zero-order valence-corrected chi connectivity index (χ0v) is 11.7. The minimum Gasteiger partial charge on any atom is -0.390 e. The first-order valence-corrected chi connectivity index (χ1v) is 7.38. The molecule has 18 heavy (non-hydrogen) atoms. The average molecular weight is 246 g/mol. The van der Waals surface area contributed by atoms with Crippen molar-refractivity contribution in [3.63, 3.8) is 0 Å². The molecule has 1 aliphatic rings. The molecule has 1 aromatic carbocycles. The summed E-state index contributed by atoms with van der Waals surface area (Å²) in [7, 11) is 0. The molecule has 0 saturated heterocycles. The first-order chi connectivity index (χ1) is 8.62. The average Bonchev–Trinajstić information content (AvgIpc) is 2.37. The van der Waals surface area contributed by atoms with E-state index in [1.54, 1.807) is 0 Å². The van der Waals surface area contributed by atoms with Crippen LogP contribution in [0.5, 0.6) is 0 Å². The van der Waals surface area contributed by atoms with E-state index in [4.69, 9.17) is 0 Å². The number of hydrogen-bond acceptors (Lipinski definition) is 1. The lowest BCUT2D eigenvalue weighted by molar-refractivity contribution is -0.0698. The van der Waals surface area contributed by atoms with Gasteiger partial charge < -0.3 is 5.11 Å². The molecule has 0 heterocycles. The van der Waals surface area contributed by atoms with Crippen LogP contribution in [0.1, 0.15) is 51.5 Å². The second-order valence-corrected chi connectivity index (χ2v) is 6.10. The molecule has 1 N–H and O–H groups in total. The molecule has 100 valence electrons. The number of aliphatic hydroxyl groups is 1. The Balaban J connectivity index is 1.85. The Bertz CT molecular complexity index is 359. The van der Waals surface area contributed by atoms with E-state index < -0.39 is 5.60 Å². The molecule has 3 atom stereocenters. The van der Waals surface area contributed by atoms with Crippen molar-refractivity contribution in [2.75, 3.05) is 0 Å². The van der Waals surface area contributed by atoms with E-state index in [-0.39, 0.29) is 0 Å². The Labute approximate surface area is 111 Å². The summed E-state index contributed by atoms with van der Waals surface area (Å²) < 4.78 is 0. The number of rotatable bonds is 4. The summed E-state index contributed by atoms with van der Waals surface area (Å²) in [5.41, 5.74) is 0.976. The summed E-state index contributed by atoms with van der Waals surface area (Å²) in [4.78, 5) is 0. The molecule has 3 unspecified atom stereocenters. The maximum Gasteiger partial charge on any atom is 0.0675 e. The Kier molecular flexibility index (Phi) is 4.45. The smallest absolute Gasteiger partial charge is 0.0675 e. The van der Waals surface area contributed by atoms with Crippen LogP contribution in [0.25, 0.3) is 0 Å². The molecular formula is C17H26O. The second kappa shape index (κ2) is 5.88. The first-order valence-electron chi connectivity index (χ1n) is 7.38. The highest BCUT2D eigenvalue weighted by Gasteiger charge is 2.38. The van der Waals surface area contributed by atoms with Gasteiger partial charge in [-0.3, -0.25) is 0 Å². The molecule has 1 fully saturated rings. The molecule has 0 spiro atoms. The van der Waals surface area contributed by atoms with Gasteiger partial charge in [0, 0.05) is 0 Å². The molecule has 0 bridgehead atoms. The molecule has 0 amide bonds. The molecule has 1 heteroatoms. The van der Waals surface area contributed by atoms with Crippen molar-refractivity contribution < 1.29 is 5.11 Å². The van der Waals surface area contributed by atoms with Crippen LogP contribution in [-0.2, 0) is 6.42 Å². The highest BCUT2D eigenvalue weighted by molar-refractivity contribution is 5.14. The van der Waals surface area contributed by atoms with Gasteiger partial charge in [0.1, 0.15) is 0 Å². The van der Waals surface area contributed by atoms with E-state index >= 15 is 0 Å². The number of aryl methyl sites for hydroxylation is 1. The van der Waals surface area contributed by atoms with Crippen molar-refractivity contribution in [1.29, 1.82) is 0 Å². The molecule has 1 saturated carbocycles. The topological polar surface area (TPSA) is 20.2 Å². The van der Waals surface area contributed by atoms with Crippen LogP contribution in [0.4, 0.5) is 0 Å². The second-order valence-electron chi connectivity index (χ2n) is 6.10. The fraction of sp³-hybridized carbons (Fsp3) is 0.647. The van der Waals surface area contributed by atoms with Crippen molar-refractivity contribution in [3.8, 4) is 0 Å². The zero-order chi connectivity index (χ0) is 13.0. The lowest BCUT2D eigenvalue weighted by Crippen LogP contribution is -2.43. The van der Waals surface area contributed by atoms with Gasteiger partial charge in [-0.15, -0.1) is 0 Å². The lowest BCUT2D eigenvalue weighted by Gasteiger charge is -2.42. The lowest BCUT2D eigenvalue weighted by atomic mass is 9.68. The Morgan fingerprint density at radius 3 is 2.67 bits per heavy atom. The van der Waals surface area contributed by atoms with Gasteiger partial charge in [-0.2, -0.15) is 0 Å². The quantitative estimate of drug-likeness (QED) is 0.844. The third-order valence-electron chi connectivity index (χ3n) is 4.89. The summed E-state index contributed by atoms with van der Waals surface area (Å²) in [5.74, 6) is 1.11. The van der Waals surface area contributed by atoms with Crippen LogP contribution in [0.15, 0.2) is 30.3 Å². The highest BCUT2D eigenvalue weighted by Crippen LogP contribution is 2.40. The molecule has 1 nitrogen and oxygen atoms in total. The number of benzene rings is 1. The standard InChI is InChI=1S/C17H26O/c1-14-8-6-12-17(18,15(14)2)13-7-11-16-9-4-3-5-10-16/h3-5,9-10,14-15,18H,6-8,11-13H2,1-2H3. The summed E-state index contributed by atoms with van der Waals surface area (Å²) in [6.45, 7) is 4.51. The fourth-order valence-electron chi connectivity index (χ4n) is 3.33. The summed E-state index contributed by atoms with van der Waals surface area (Å²) in [6, 6.07) is 10.6. The van der Waals surface area contributed by atoms with Crippen molar-refractivity contribution in [2.45, 2.75) is 58.0 Å². The largest absolute Gasteiger partial charge is 0.390 e. The fourth-order valence-corrected chi connectivity index (χ4v) is 3.33. The van der Waals surface area contributed by atoms with E-state index in [9.17, 15) is 5.11 Å². The van der Waals surface area contributed by atoms with Gasteiger partial charge in [-0.25, -0.2) is 0 Å². The van der Waals surface area contributed by atoms with Crippen LogP contribution in [0.2, 0.25) is 0 Å². The van der Waals surface area contributed by atoms with Crippen molar-refractivity contribution in [3.05, 3.63) is 35.9 Å². The Morgan fingerprint density at radius 1 is 1.22 bits per heavy atom. The van der Waals surface area contributed by atoms with Crippen LogP contribution >= 0.6 is 0 Å². The van der Waals surface area contributed by atoms with E-state index in [1.165, 1.54) is 18.4 Å². The van der Waals surface area contributed by atoms with Gasteiger partial charge in [-0.1, -0.05) is 57.0 Å². The summed E-state index contributed by atoms with van der Waals surface area (Å²) >= 11 is 0. The Morgan fingerprint density at radius 2 is 1.94 bits per heavy atom. The third kappa shape index (κ3) is 3.14. The van der Waals surface area contributed by atoms with E-state index in [1.807, 2.05) is 0 Å². The number of hydrogen-bond donors (Lipinski definition) is 1. The molecule has 2 rings (SSSR count). The van der Waals surface area contributed by atoms with Crippen LogP contribution in [-0.4, -0.2) is 10.7 Å². The van der Waals surface area contributed by atoms with Crippen LogP contribution in [0.3, 0.4) is 0 Å². The molecule has 0 aromatic heterocycles. The molecule has 1 aliphatic carbocycles. The monoisotopic (exact) mass is 246 g/mol. The normalized spacial score (nSPS) is 32.4. The maximum absolute atomic E-state index is 10.8. The van der Waals surface area contributed by atoms with Gasteiger partial charge in [0.05, 0.1) is 5.60 Å². The van der Waals surface area contributed by atoms with E-state index in [0.29, 0.717) is 11.8 Å². The molecule has 0 aliphatic heterocycles. The molecular weight excluding hydrogens is 220 g/mol. The summed E-state index contributed by atoms with van der Waals surface area (Å²) in [6.07, 6.45) is 6.60. The zero-order valence-electron chi connectivity index (χ0n) is 11.7. The minimum absolute atomic E-state index is 0.410. The predicted octanol–water partition coefficient (Wildman–Crippen LogP) is 4.20. The molecule has 0 radical (unpaired) electrons. The van der Waals surface area contributed by atoms with E-state index in [2.05, 4.69) is 44.2 Å². The highest BCUT2D eigenvalue weighted by atomic mass is 16.3. The van der Waals surface area contributed by atoms with Crippen LogP contribution < -0.4 is 0 Å². The molecule has 1 aromatic rings. The third-order valence-corrected chi connectivity index (χ3v) is 4.89. The van der Waals surface area contributed by atoms with Crippen molar-refractivity contribution in [1.82, 2.24) is 0 Å². The van der Waals surface area contributed by atoms with Crippen molar-refractivity contribution >= 4 is 0 Å². The maximum atomic E-state index is 10.8. The van der Waals surface area contributed by atoms with Gasteiger partial charge in [-0.05, 0) is 43.1 Å². The predicted molar refractivity (Wildman–Crippen MR) is 76.5 cm³/mol. The van der Waals surface area contributed by atoms with E-state index in [0.717, 1.165) is 25.7 Å². The first kappa shape index (κ1) is 13.6. The van der Waals surface area contributed by atoms with Crippen molar-refractivity contribution in [2.24, 2.45) is 11.8 Å². The SMILES string of the molecule is CC1CCCC(O)(CCCc2ccccc2)C1C. The van der Waals surface area contributed by atoms with Gasteiger partial charge in [0.2, 0.25) is 0 Å². The van der Waals surface area contributed by atoms with Gasteiger partial charge in [0.25, 0.3) is 0 Å². The van der Waals surface area contributed by atoms with Gasteiger partial charge >= 0.3 is 0 Å².